The highest BCUT2D eigenvalue weighted by atomic mass is 16.5. The fourth-order valence-corrected chi connectivity index (χ4v) is 9.59. The Morgan fingerprint density at radius 2 is 2.03 bits per heavy atom. The average molecular weight is 466 g/mol. The van der Waals surface area contributed by atoms with Crippen molar-refractivity contribution in [2.24, 2.45) is 46.3 Å². The number of ether oxygens (including phenoxy) is 1. The molecule has 186 valence electrons. The van der Waals surface area contributed by atoms with E-state index in [1.807, 2.05) is 0 Å². The van der Waals surface area contributed by atoms with Gasteiger partial charge in [0.15, 0.2) is 5.78 Å². The fourth-order valence-electron chi connectivity index (χ4n) is 9.59. The summed E-state index contributed by atoms with van der Waals surface area (Å²) in [6.07, 6.45) is 16.2. The maximum atomic E-state index is 13.4. The summed E-state index contributed by atoms with van der Waals surface area (Å²) in [6, 6.07) is 2.12. The third-order valence-corrected chi connectivity index (χ3v) is 11.2. The number of aromatic nitrogens is 2. The van der Waals surface area contributed by atoms with Gasteiger partial charge in [0.1, 0.15) is 6.07 Å². The molecule has 8 unspecified atom stereocenters. The van der Waals surface area contributed by atoms with Crippen molar-refractivity contribution in [2.75, 3.05) is 13.2 Å². The Balaban J connectivity index is 1.31. The molecule has 1 aromatic heterocycles. The van der Waals surface area contributed by atoms with Crippen LogP contribution in [-0.2, 0) is 16.1 Å². The number of rotatable bonds is 7. The van der Waals surface area contributed by atoms with Gasteiger partial charge in [-0.2, -0.15) is 10.4 Å². The number of Topliss-reactive ketones (excluding diaryl/α,β-unsaturated/α-hetero) is 1. The second-order valence-corrected chi connectivity index (χ2v) is 12.2. The van der Waals surface area contributed by atoms with E-state index in [0.717, 1.165) is 43.3 Å². The van der Waals surface area contributed by atoms with Crippen molar-refractivity contribution in [1.29, 1.82) is 5.26 Å². The van der Waals surface area contributed by atoms with Gasteiger partial charge in [-0.25, -0.2) is 0 Å². The first-order valence-corrected chi connectivity index (χ1v) is 14.0. The number of nitrogens with zero attached hydrogens (tertiary/aromatic N) is 3. The average Bonchev–Trinajstić information content (AvgIpc) is 3.45. The molecular formula is C29H43N3O2. The number of carbonyl (C=O) groups is 1. The van der Waals surface area contributed by atoms with E-state index in [1.165, 1.54) is 57.8 Å². The number of ketones is 1. The predicted molar refractivity (Wildman–Crippen MR) is 132 cm³/mol. The van der Waals surface area contributed by atoms with Gasteiger partial charge in [-0.3, -0.25) is 9.48 Å². The van der Waals surface area contributed by atoms with Gasteiger partial charge < -0.3 is 4.74 Å². The third-order valence-electron chi connectivity index (χ3n) is 11.2. The summed E-state index contributed by atoms with van der Waals surface area (Å²) >= 11 is 0. The number of hydrogen-bond acceptors (Lipinski definition) is 4. The van der Waals surface area contributed by atoms with Gasteiger partial charge in [0.05, 0.1) is 18.3 Å². The molecule has 1 aromatic rings. The molecule has 0 spiro atoms. The van der Waals surface area contributed by atoms with Gasteiger partial charge in [-0.1, -0.05) is 13.8 Å². The Morgan fingerprint density at radius 3 is 2.76 bits per heavy atom. The summed E-state index contributed by atoms with van der Waals surface area (Å²) in [4.78, 5) is 13.4. The highest BCUT2D eigenvalue weighted by Crippen LogP contribution is 2.68. The lowest BCUT2D eigenvalue weighted by Crippen LogP contribution is -2.55. The summed E-state index contributed by atoms with van der Waals surface area (Å²) in [5.41, 5.74) is 1.19. The molecule has 8 atom stereocenters. The highest BCUT2D eigenvalue weighted by Gasteiger charge is 2.61. The van der Waals surface area contributed by atoms with Gasteiger partial charge in [-0.15, -0.1) is 0 Å². The van der Waals surface area contributed by atoms with E-state index in [-0.39, 0.29) is 11.3 Å². The fraction of sp³-hybridized carbons (Fsp3) is 0.828. The zero-order valence-electron chi connectivity index (χ0n) is 21.5. The molecule has 0 N–H and O–H groups in total. The quantitative estimate of drug-likeness (QED) is 0.493. The zero-order chi connectivity index (χ0) is 23.9. The summed E-state index contributed by atoms with van der Waals surface area (Å²) in [7, 11) is 0. The molecule has 0 amide bonds. The Bertz CT molecular complexity index is 934. The minimum atomic E-state index is 0.136. The minimum Gasteiger partial charge on any atom is -0.381 e. The number of hydrogen-bond donors (Lipinski definition) is 0. The van der Waals surface area contributed by atoms with Gasteiger partial charge in [-0.05, 0) is 112 Å². The molecule has 4 saturated carbocycles. The first-order chi connectivity index (χ1) is 16.4. The Hall–Kier alpha value is -1.67. The van der Waals surface area contributed by atoms with E-state index >= 15 is 0 Å². The van der Waals surface area contributed by atoms with Crippen LogP contribution in [0.25, 0.3) is 0 Å². The molecule has 5 rings (SSSR count). The lowest BCUT2D eigenvalue weighted by Gasteiger charge is -2.62. The largest absolute Gasteiger partial charge is 0.381 e. The van der Waals surface area contributed by atoms with Gasteiger partial charge in [0.2, 0.25) is 0 Å². The molecule has 1 heterocycles. The van der Waals surface area contributed by atoms with Gasteiger partial charge >= 0.3 is 0 Å². The maximum Gasteiger partial charge on any atom is 0.157 e. The number of carbonyl (C=O) groups excluding carboxylic acids is 1. The van der Waals surface area contributed by atoms with Gasteiger partial charge in [0.25, 0.3) is 0 Å². The van der Waals surface area contributed by atoms with Crippen LogP contribution in [0.4, 0.5) is 0 Å². The molecule has 0 bridgehead atoms. The highest BCUT2D eigenvalue weighted by molar-refractivity contribution is 5.82. The first kappa shape index (κ1) is 24.0. The van der Waals surface area contributed by atoms with Crippen molar-refractivity contribution >= 4 is 5.78 Å². The molecule has 4 aliphatic carbocycles. The molecular weight excluding hydrogens is 422 g/mol. The van der Waals surface area contributed by atoms with Crippen LogP contribution in [0.5, 0.6) is 0 Å². The van der Waals surface area contributed by atoms with E-state index in [0.29, 0.717) is 29.2 Å². The van der Waals surface area contributed by atoms with Crippen molar-refractivity contribution in [3.63, 3.8) is 0 Å². The standard InChI is InChI=1S/C29H43N3O2/c1-4-29-13-10-20(19-34-5-2)14-22(29)6-7-23-24-8-9-26(28(24,3)12-11-25(23)29)27(33)18-32-17-21(15-30)16-31-32/h16-17,20,22-26H,4-14,18-19H2,1-3H3. The van der Waals surface area contributed by atoms with Crippen molar-refractivity contribution in [2.45, 2.75) is 91.5 Å². The van der Waals surface area contributed by atoms with Crippen LogP contribution in [0.3, 0.4) is 0 Å². The third kappa shape index (κ3) is 3.85. The Labute approximate surface area is 205 Å². The van der Waals surface area contributed by atoms with Crippen molar-refractivity contribution < 1.29 is 9.53 Å². The predicted octanol–water partition coefficient (Wildman–Crippen LogP) is 6.03. The minimum absolute atomic E-state index is 0.136. The van der Waals surface area contributed by atoms with Crippen molar-refractivity contribution in [3.05, 3.63) is 18.0 Å². The summed E-state index contributed by atoms with van der Waals surface area (Å²) in [5, 5.41) is 13.3. The SMILES string of the molecule is CCOCC1CCC2(CC)C(CCC3C4CCC(C(=O)Cn5cc(C#N)cn5)C4(C)CCC32)C1. The second-order valence-electron chi connectivity index (χ2n) is 12.2. The first-order valence-electron chi connectivity index (χ1n) is 14.0. The van der Waals surface area contributed by atoms with E-state index in [4.69, 9.17) is 10.00 Å². The second kappa shape index (κ2) is 9.41. The monoisotopic (exact) mass is 465 g/mol. The van der Waals surface area contributed by atoms with Crippen LogP contribution >= 0.6 is 0 Å². The van der Waals surface area contributed by atoms with E-state index in [2.05, 4.69) is 31.9 Å². The molecule has 0 radical (unpaired) electrons. The maximum absolute atomic E-state index is 13.4. The Morgan fingerprint density at radius 1 is 1.18 bits per heavy atom. The molecule has 34 heavy (non-hydrogen) atoms. The van der Waals surface area contributed by atoms with E-state index in [1.54, 1.807) is 17.1 Å². The van der Waals surface area contributed by atoms with Crippen LogP contribution in [-0.4, -0.2) is 28.8 Å². The van der Waals surface area contributed by atoms with Gasteiger partial charge in [0, 0.05) is 25.3 Å². The van der Waals surface area contributed by atoms with Crippen molar-refractivity contribution in [1.82, 2.24) is 9.78 Å². The summed E-state index contributed by atoms with van der Waals surface area (Å²) in [6.45, 7) is 9.12. The molecule has 0 saturated heterocycles. The normalized spacial score (nSPS) is 41.2. The number of fused-ring (bicyclic) bond motifs is 5. The molecule has 4 fully saturated rings. The number of nitriles is 1. The molecule has 5 heteroatoms. The smallest absolute Gasteiger partial charge is 0.157 e. The summed E-state index contributed by atoms with van der Waals surface area (Å²) in [5.74, 6) is 4.43. The van der Waals surface area contributed by atoms with Crippen LogP contribution in [0, 0.1) is 57.7 Å². The molecule has 4 aliphatic rings. The van der Waals surface area contributed by atoms with Crippen molar-refractivity contribution in [3.8, 4) is 6.07 Å². The molecule has 0 aliphatic heterocycles. The van der Waals surface area contributed by atoms with Crippen LogP contribution in [0.2, 0.25) is 0 Å². The molecule has 5 nitrogen and oxygen atoms in total. The summed E-state index contributed by atoms with van der Waals surface area (Å²) < 4.78 is 7.49. The molecule has 0 aromatic carbocycles. The Kier molecular flexibility index (Phi) is 6.66. The lowest BCUT2D eigenvalue weighted by atomic mass is 9.43. The van der Waals surface area contributed by atoms with Crippen LogP contribution in [0.15, 0.2) is 12.4 Å². The lowest BCUT2D eigenvalue weighted by molar-refractivity contribution is -0.143. The van der Waals surface area contributed by atoms with E-state index in [9.17, 15) is 4.79 Å². The zero-order valence-corrected chi connectivity index (χ0v) is 21.5. The van der Waals surface area contributed by atoms with Crippen LogP contribution < -0.4 is 0 Å². The van der Waals surface area contributed by atoms with Crippen LogP contribution in [0.1, 0.15) is 90.5 Å². The van der Waals surface area contributed by atoms with E-state index < -0.39 is 0 Å². The topological polar surface area (TPSA) is 67.9 Å².